The van der Waals surface area contributed by atoms with E-state index in [0.717, 1.165) is 41.1 Å². The van der Waals surface area contributed by atoms with Crippen molar-refractivity contribution in [2.45, 2.75) is 10.4 Å². The Bertz CT molecular complexity index is 1040. The summed E-state index contributed by atoms with van der Waals surface area (Å²) < 4.78 is 61.5. The van der Waals surface area contributed by atoms with Crippen molar-refractivity contribution in [1.82, 2.24) is 14.7 Å². The minimum absolute atomic E-state index is 0.168. The molecule has 0 atom stereocenters. The van der Waals surface area contributed by atoms with Gasteiger partial charge in [-0.2, -0.15) is 18.3 Å². The number of benzene rings is 1. The number of sulfone groups is 1. The highest BCUT2D eigenvalue weighted by molar-refractivity contribution is 7.92. The Balaban J connectivity index is 2.41. The first-order valence-corrected chi connectivity index (χ1v) is 8.82. The van der Waals surface area contributed by atoms with Crippen LogP contribution in [0.2, 0.25) is 0 Å². The number of hydrogen-bond acceptors (Lipinski definition) is 6. The van der Waals surface area contributed by atoms with E-state index in [2.05, 4.69) is 5.10 Å². The van der Waals surface area contributed by atoms with Crippen LogP contribution in [0, 0.1) is 0 Å². The van der Waals surface area contributed by atoms with E-state index in [9.17, 15) is 31.2 Å². The molecule has 0 unspecified atom stereocenters. The fraction of sp³-hybridized carbons (Fsp3) is 0.188. The van der Waals surface area contributed by atoms with Crippen molar-refractivity contribution in [3.05, 3.63) is 64.7 Å². The molecule has 1 aromatic carbocycles. The Hall–Kier alpha value is -2.95. The molecule has 2 rings (SSSR count). The van der Waals surface area contributed by atoms with E-state index < -0.39 is 31.5 Å². The number of allylic oxidation sites excluding steroid dienone is 1. The summed E-state index contributed by atoms with van der Waals surface area (Å²) in [6.45, 7) is 0. The lowest BCUT2D eigenvalue weighted by Crippen LogP contribution is -2.23. The van der Waals surface area contributed by atoms with Crippen LogP contribution in [0.25, 0.3) is 5.69 Å². The maximum absolute atomic E-state index is 12.6. The zero-order valence-corrected chi connectivity index (χ0v) is 15.0. The molecule has 0 N–H and O–H groups in total. The number of ketones is 1. The normalized spacial score (nSPS) is 12.3. The van der Waals surface area contributed by atoms with E-state index in [-0.39, 0.29) is 11.4 Å². The molecule has 0 aliphatic heterocycles. The van der Waals surface area contributed by atoms with Gasteiger partial charge in [0, 0.05) is 38.6 Å². The molecule has 0 spiro atoms. The van der Waals surface area contributed by atoms with Crippen LogP contribution in [0.3, 0.4) is 0 Å². The number of nitrogens with zero attached hydrogens (tertiary/aromatic N) is 3. The number of carbonyl (C=O) groups excluding carboxylic acids is 1. The van der Waals surface area contributed by atoms with E-state index in [1.807, 2.05) is 0 Å². The Kier molecular flexibility index (Phi) is 5.54. The molecule has 0 saturated heterocycles. The highest BCUT2D eigenvalue weighted by Crippen LogP contribution is 2.30. The van der Waals surface area contributed by atoms with Crippen molar-refractivity contribution < 1.29 is 26.4 Å². The lowest BCUT2D eigenvalue weighted by atomic mass is 10.2. The number of halogens is 3. The van der Waals surface area contributed by atoms with Gasteiger partial charge in [-0.1, -0.05) is 0 Å². The molecule has 0 bridgehead atoms. The Morgan fingerprint density at radius 3 is 2.26 bits per heavy atom. The summed E-state index contributed by atoms with van der Waals surface area (Å²) >= 11 is 0. The first-order chi connectivity index (χ1) is 12.4. The van der Waals surface area contributed by atoms with Crippen molar-refractivity contribution in [3.63, 3.8) is 0 Å². The summed E-state index contributed by atoms with van der Waals surface area (Å²) in [6, 6.07) is 4.78. The van der Waals surface area contributed by atoms with Gasteiger partial charge < -0.3 is 4.90 Å². The summed E-state index contributed by atoms with van der Waals surface area (Å²) in [6.07, 6.45) is 3.78. The van der Waals surface area contributed by atoms with E-state index in [1.54, 1.807) is 19.0 Å². The molecular weight excluding hydrogens is 387 g/mol. The SMILES string of the molecule is CN(C)C=CC(=O)c1nn(-c2ccc(S(=O)(=O)C(F)(F)F)cc2)ccc1=O. The number of aromatic nitrogens is 2. The standard InChI is InChI=1S/C16H14F3N3O4S/c1-21(2)9-7-13(23)15-14(24)8-10-22(20-15)11-3-5-12(6-4-11)27(25,26)16(17,18)19/h3-10H,1-2H3. The van der Waals surface area contributed by atoms with Crippen LogP contribution >= 0.6 is 0 Å². The molecule has 7 nitrogen and oxygen atoms in total. The average molecular weight is 401 g/mol. The van der Waals surface area contributed by atoms with Gasteiger partial charge in [-0.15, -0.1) is 0 Å². The van der Waals surface area contributed by atoms with Crippen LogP contribution in [-0.4, -0.2) is 48.5 Å². The number of rotatable bonds is 5. The Morgan fingerprint density at radius 1 is 1.15 bits per heavy atom. The largest absolute Gasteiger partial charge is 0.501 e. The molecule has 1 heterocycles. The predicted molar refractivity (Wildman–Crippen MR) is 90.2 cm³/mol. The summed E-state index contributed by atoms with van der Waals surface area (Å²) in [5, 5.41) is 3.87. The van der Waals surface area contributed by atoms with Gasteiger partial charge in [0.05, 0.1) is 10.6 Å². The average Bonchev–Trinajstić information content (AvgIpc) is 2.59. The quantitative estimate of drug-likeness (QED) is 0.561. The van der Waals surface area contributed by atoms with E-state index in [4.69, 9.17) is 0 Å². The molecule has 0 aliphatic carbocycles. The topological polar surface area (TPSA) is 89.3 Å². The molecule has 11 heteroatoms. The maximum atomic E-state index is 12.6. The van der Waals surface area contributed by atoms with Gasteiger partial charge >= 0.3 is 5.51 Å². The van der Waals surface area contributed by atoms with Crippen LogP contribution in [0.1, 0.15) is 10.5 Å². The molecule has 0 radical (unpaired) electrons. The van der Waals surface area contributed by atoms with E-state index >= 15 is 0 Å². The molecular formula is C16H14F3N3O4S. The van der Waals surface area contributed by atoms with Gasteiger partial charge in [0.1, 0.15) is 0 Å². The van der Waals surface area contributed by atoms with Crippen molar-refractivity contribution >= 4 is 15.6 Å². The van der Waals surface area contributed by atoms with Crippen molar-refractivity contribution in [3.8, 4) is 5.69 Å². The number of carbonyl (C=O) groups is 1. The van der Waals surface area contributed by atoms with Gasteiger partial charge in [0.2, 0.25) is 11.2 Å². The first kappa shape index (κ1) is 20.4. The monoisotopic (exact) mass is 401 g/mol. The van der Waals surface area contributed by atoms with Crippen LogP contribution in [0.5, 0.6) is 0 Å². The minimum atomic E-state index is -5.47. The molecule has 0 fully saturated rings. The van der Waals surface area contributed by atoms with Gasteiger partial charge in [-0.05, 0) is 24.3 Å². The van der Waals surface area contributed by atoms with E-state index in [1.165, 1.54) is 12.4 Å². The second-order valence-electron chi connectivity index (χ2n) is 5.56. The molecule has 27 heavy (non-hydrogen) atoms. The van der Waals surface area contributed by atoms with Crippen LogP contribution in [0.4, 0.5) is 13.2 Å². The molecule has 1 aromatic heterocycles. The summed E-state index contributed by atoms with van der Waals surface area (Å²) in [7, 11) is -2.11. The minimum Gasteiger partial charge on any atom is -0.383 e. The zero-order valence-electron chi connectivity index (χ0n) is 14.1. The zero-order chi connectivity index (χ0) is 20.4. The molecule has 2 aromatic rings. The van der Waals surface area contributed by atoms with Crippen molar-refractivity contribution in [2.24, 2.45) is 0 Å². The molecule has 0 saturated carbocycles. The van der Waals surface area contributed by atoms with Gasteiger partial charge in [0.25, 0.3) is 9.84 Å². The van der Waals surface area contributed by atoms with Crippen molar-refractivity contribution in [1.29, 1.82) is 0 Å². The third-order valence-electron chi connectivity index (χ3n) is 3.28. The smallest absolute Gasteiger partial charge is 0.383 e. The van der Waals surface area contributed by atoms with Crippen LogP contribution in [0.15, 0.2) is 58.5 Å². The van der Waals surface area contributed by atoms with E-state index in [0.29, 0.717) is 0 Å². The summed E-state index contributed by atoms with van der Waals surface area (Å²) in [5.41, 5.74) is -6.26. The number of alkyl halides is 3. The lowest BCUT2D eigenvalue weighted by Gasteiger charge is -2.10. The molecule has 0 amide bonds. The lowest BCUT2D eigenvalue weighted by molar-refractivity contribution is -0.0436. The third kappa shape index (κ3) is 4.42. The van der Waals surface area contributed by atoms with Crippen LogP contribution in [-0.2, 0) is 9.84 Å². The maximum Gasteiger partial charge on any atom is 0.501 e. The molecule has 144 valence electrons. The fourth-order valence-electron chi connectivity index (χ4n) is 1.93. The summed E-state index contributed by atoms with van der Waals surface area (Å²) in [4.78, 5) is 24.5. The van der Waals surface area contributed by atoms with Crippen molar-refractivity contribution in [2.75, 3.05) is 14.1 Å². The van der Waals surface area contributed by atoms with Gasteiger partial charge in [-0.25, -0.2) is 13.1 Å². The third-order valence-corrected chi connectivity index (χ3v) is 4.78. The highest BCUT2D eigenvalue weighted by atomic mass is 32.2. The van der Waals surface area contributed by atoms with Gasteiger partial charge in [0.15, 0.2) is 5.69 Å². The first-order valence-electron chi connectivity index (χ1n) is 7.34. The predicted octanol–water partition coefficient (Wildman–Crippen LogP) is 1.78. The summed E-state index contributed by atoms with van der Waals surface area (Å²) in [5.74, 6) is -0.653. The fourth-order valence-corrected chi connectivity index (χ4v) is 2.69. The highest BCUT2D eigenvalue weighted by Gasteiger charge is 2.46. The second-order valence-corrected chi connectivity index (χ2v) is 7.50. The van der Waals surface area contributed by atoms with Crippen LogP contribution < -0.4 is 5.43 Å². The Labute approximate surface area is 152 Å². The Morgan fingerprint density at radius 2 is 1.74 bits per heavy atom. The number of hydrogen-bond donors (Lipinski definition) is 0. The molecule has 0 aliphatic rings. The van der Waals surface area contributed by atoms with Gasteiger partial charge in [-0.3, -0.25) is 9.59 Å². The second kappa shape index (κ2) is 7.35.